The molecule has 5 heteroatoms. The molecule has 0 radical (unpaired) electrons. The van der Waals surface area contributed by atoms with E-state index >= 15 is 0 Å². The lowest BCUT2D eigenvalue weighted by atomic mass is 9.82. The Hall–Kier alpha value is -6.72. The molecule has 0 atom stereocenters. The van der Waals surface area contributed by atoms with Gasteiger partial charge in [-0.1, -0.05) is 123 Å². The highest BCUT2D eigenvalue weighted by Crippen LogP contribution is 2.49. The van der Waals surface area contributed by atoms with Crippen LogP contribution in [0.1, 0.15) is 25.0 Å². The average molecular weight is 669 g/mol. The van der Waals surface area contributed by atoms with Crippen LogP contribution in [-0.2, 0) is 5.41 Å². The minimum absolute atomic E-state index is 0.149. The van der Waals surface area contributed by atoms with Crippen molar-refractivity contribution >= 4 is 21.9 Å². The summed E-state index contributed by atoms with van der Waals surface area (Å²) in [5, 5.41) is 2.17. The summed E-state index contributed by atoms with van der Waals surface area (Å²) in [5.74, 6) is 1.83. The third-order valence-electron chi connectivity index (χ3n) is 10.4. The Bertz CT molecular complexity index is 2820. The zero-order valence-electron chi connectivity index (χ0n) is 28.7. The van der Waals surface area contributed by atoms with Crippen LogP contribution < -0.4 is 0 Å². The lowest BCUT2D eigenvalue weighted by Gasteiger charge is -2.21. The van der Waals surface area contributed by atoms with Crippen LogP contribution in [0, 0.1) is 0 Å². The summed E-state index contributed by atoms with van der Waals surface area (Å²) in [7, 11) is 0. The molecule has 1 aliphatic rings. The van der Waals surface area contributed by atoms with Crippen molar-refractivity contribution in [3.05, 3.63) is 169 Å². The van der Waals surface area contributed by atoms with Crippen LogP contribution in [0.3, 0.4) is 0 Å². The number of nitrogens with zero attached hydrogens (tertiary/aromatic N) is 4. The fourth-order valence-corrected chi connectivity index (χ4v) is 7.76. The van der Waals surface area contributed by atoms with E-state index in [2.05, 4.69) is 98.8 Å². The van der Waals surface area contributed by atoms with Crippen molar-refractivity contribution in [3.63, 3.8) is 0 Å². The van der Waals surface area contributed by atoms with Crippen LogP contribution in [0.25, 0.3) is 89.6 Å². The first-order chi connectivity index (χ1) is 25.5. The Labute approximate surface area is 301 Å². The predicted octanol–water partition coefficient (Wildman–Crippen LogP) is 11.8. The molecule has 246 valence electrons. The van der Waals surface area contributed by atoms with Crippen LogP contribution in [0.4, 0.5) is 0 Å². The average Bonchev–Trinajstić information content (AvgIpc) is 3.70. The Balaban J connectivity index is 1.19. The van der Waals surface area contributed by atoms with Crippen molar-refractivity contribution in [1.29, 1.82) is 0 Å². The van der Waals surface area contributed by atoms with E-state index in [4.69, 9.17) is 24.4 Å². The van der Waals surface area contributed by atoms with Gasteiger partial charge >= 0.3 is 0 Å². The molecule has 0 N–H and O–H groups in total. The van der Waals surface area contributed by atoms with Crippen molar-refractivity contribution < 1.29 is 4.42 Å². The van der Waals surface area contributed by atoms with E-state index in [0.29, 0.717) is 17.5 Å². The van der Waals surface area contributed by atoms with Crippen LogP contribution >= 0.6 is 0 Å². The summed E-state index contributed by atoms with van der Waals surface area (Å²) in [6, 6.07) is 52.4. The summed E-state index contributed by atoms with van der Waals surface area (Å²) in [6.07, 6.45) is 1.82. The second-order valence-corrected chi connectivity index (χ2v) is 13.9. The Morgan fingerprint density at radius 2 is 1.10 bits per heavy atom. The summed E-state index contributed by atoms with van der Waals surface area (Å²) in [4.78, 5) is 20.2. The van der Waals surface area contributed by atoms with Gasteiger partial charge in [-0.3, -0.25) is 4.98 Å². The van der Waals surface area contributed by atoms with E-state index in [1.165, 1.54) is 22.3 Å². The number of fused-ring (bicyclic) bond motifs is 6. The molecular formula is C47H32N4O. The summed E-state index contributed by atoms with van der Waals surface area (Å²) in [5.41, 5.74) is 13.2. The maximum atomic E-state index is 6.50. The van der Waals surface area contributed by atoms with Crippen LogP contribution in [0.5, 0.6) is 0 Å². The molecule has 0 fully saturated rings. The number of rotatable bonds is 5. The molecular weight excluding hydrogens is 637 g/mol. The van der Waals surface area contributed by atoms with Gasteiger partial charge in [0, 0.05) is 50.2 Å². The first-order valence-electron chi connectivity index (χ1n) is 17.5. The van der Waals surface area contributed by atoms with Crippen molar-refractivity contribution in [1.82, 2.24) is 19.9 Å². The number of furan rings is 1. The van der Waals surface area contributed by atoms with Gasteiger partial charge in [-0.25, -0.2) is 15.0 Å². The molecule has 9 aromatic rings. The number of benzene rings is 6. The third kappa shape index (κ3) is 4.85. The van der Waals surface area contributed by atoms with Gasteiger partial charge in [-0.05, 0) is 70.3 Å². The number of hydrogen-bond acceptors (Lipinski definition) is 5. The van der Waals surface area contributed by atoms with E-state index in [-0.39, 0.29) is 5.41 Å². The monoisotopic (exact) mass is 668 g/mol. The molecule has 3 aromatic heterocycles. The fourth-order valence-electron chi connectivity index (χ4n) is 7.76. The van der Waals surface area contributed by atoms with Crippen molar-refractivity contribution in [3.8, 4) is 67.7 Å². The zero-order valence-corrected chi connectivity index (χ0v) is 28.7. The lowest BCUT2D eigenvalue weighted by Crippen LogP contribution is -2.15. The minimum Gasteiger partial charge on any atom is -0.455 e. The minimum atomic E-state index is -0.149. The Morgan fingerprint density at radius 3 is 1.94 bits per heavy atom. The summed E-state index contributed by atoms with van der Waals surface area (Å²) >= 11 is 0. The van der Waals surface area contributed by atoms with Gasteiger partial charge in [0.1, 0.15) is 11.2 Å². The highest BCUT2D eigenvalue weighted by Gasteiger charge is 2.35. The molecule has 0 spiro atoms. The van der Waals surface area contributed by atoms with Gasteiger partial charge in [0.25, 0.3) is 0 Å². The topological polar surface area (TPSA) is 64.7 Å². The molecule has 0 unspecified atom stereocenters. The largest absolute Gasteiger partial charge is 0.455 e. The maximum absolute atomic E-state index is 6.50. The highest BCUT2D eigenvalue weighted by atomic mass is 16.3. The van der Waals surface area contributed by atoms with Gasteiger partial charge in [0.15, 0.2) is 17.5 Å². The summed E-state index contributed by atoms with van der Waals surface area (Å²) in [6.45, 7) is 4.59. The second kappa shape index (κ2) is 11.7. The fraction of sp³-hybridized carbons (Fsp3) is 0.0638. The Morgan fingerprint density at radius 1 is 0.442 bits per heavy atom. The quantitative estimate of drug-likeness (QED) is 0.183. The number of aromatic nitrogens is 4. The van der Waals surface area contributed by atoms with Gasteiger partial charge in [-0.2, -0.15) is 0 Å². The molecule has 6 aromatic carbocycles. The Kier molecular flexibility index (Phi) is 6.77. The number of hydrogen-bond donors (Lipinski definition) is 0. The predicted molar refractivity (Wildman–Crippen MR) is 210 cm³/mol. The molecule has 0 saturated carbocycles. The highest BCUT2D eigenvalue weighted by molar-refractivity contribution is 6.09. The molecule has 0 aliphatic heterocycles. The third-order valence-corrected chi connectivity index (χ3v) is 10.4. The SMILES string of the molecule is CC1(C)c2ccccc2-c2ccc(-c3nc(-c4ccccc4)nc(-c4cc(-c5ccccn5)cc(-c5cccc6c5oc5ccccc56)c4)n3)cc21. The molecule has 10 rings (SSSR count). The summed E-state index contributed by atoms with van der Waals surface area (Å²) < 4.78 is 6.50. The van der Waals surface area contributed by atoms with E-state index in [1.54, 1.807) is 0 Å². The van der Waals surface area contributed by atoms with Gasteiger partial charge < -0.3 is 4.42 Å². The van der Waals surface area contributed by atoms with Crippen LogP contribution in [0.15, 0.2) is 162 Å². The smallest absolute Gasteiger partial charge is 0.164 e. The molecule has 0 saturated heterocycles. The van der Waals surface area contributed by atoms with E-state index in [9.17, 15) is 0 Å². The molecule has 0 amide bonds. The van der Waals surface area contributed by atoms with E-state index < -0.39 is 0 Å². The second-order valence-electron chi connectivity index (χ2n) is 13.9. The normalized spacial score (nSPS) is 13.0. The first kappa shape index (κ1) is 30.1. The van der Waals surface area contributed by atoms with Crippen LogP contribution in [0.2, 0.25) is 0 Å². The van der Waals surface area contributed by atoms with Crippen LogP contribution in [-0.4, -0.2) is 19.9 Å². The van der Waals surface area contributed by atoms with E-state index in [0.717, 1.165) is 61.0 Å². The van der Waals surface area contributed by atoms with Gasteiger partial charge in [-0.15, -0.1) is 0 Å². The zero-order chi connectivity index (χ0) is 34.8. The van der Waals surface area contributed by atoms with Crippen molar-refractivity contribution in [2.45, 2.75) is 19.3 Å². The van der Waals surface area contributed by atoms with Crippen molar-refractivity contribution in [2.24, 2.45) is 0 Å². The van der Waals surface area contributed by atoms with E-state index in [1.807, 2.05) is 72.9 Å². The lowest BCUT2D eigenvalue weighted by molar-refractivity contribution is 0.660. The van der Waals surface area contributed by atoms with Gasteiger partial charge in [0.05, 0.1) is 5.69 Å². The molecule has 3 heterocycles. The molecule has 1 aliphatic carbocycles. The molecule has 52 heavy (non-hydrogen) atoms. The number of pyridine rings is 1. The van der Waals surface area contributed by atoms with Gasteiger partial charge in [0.2, 0.25) is 0 Å². The molecule has 5 nitrogen and oxygen atoms in total. The first-order valence-corrected chi connectivity index (χ1v) is 17.5. The molecule has 0 bridgehead atoms. The maximum Gasteiger partial charge on any atom is 0.164 e. The standard InChI is InChI=1S/C47H32N4O/c1-47(2)39-19-8-6-15-35(39)36-23-22-30(28-40(36)47)45-49-44(29-13-4-3-5-14-29)50-46(51-45)33-26-31(25-32(27-33)41-20-10-11-24-48-41)34-17-12-18-38-37-16-7-9-21-42(37)52-43(34)38/h3-28H,1-2H3. The number of para-hydroxylation sites is 2. The van der Waals surface area contributed by atoms with Crippen molar-refractivity contribution in [2.75, 3.05) is 0 Å².